The molecule has 2 N–H and O–H groups in total. The molecule has 1 aliphatic carbocycles. The summed E-state index contributed by atoms with van der Waals surface area (Å²) < 4.78 is 41.5. The molecule has 0 bridgehead atoms. The van der Waals surface area contributed by atoms with Gasteiger partial charge in [0, 0.05) is 51.3 Å². The van der Waals surface area contributed by atoms with Crippen LogP contribution in [-0.4, -0.2) is 35.0 Å². The molecule has 5 rings (SSSR count). The summed E-state index contributed by atoms with van der Waals surface area (Å²) in [5.74, 6) is -0.148. The van der Waals surface area contributed by atoms with Gasteiger partial charge in [-0.15, -0.1) is 0 Å². The van der Waals surface area contributed by atoms with Gasteiger partial charge in [0.15, 0.2) is 0 Å². The van der Waals surface area contributed by atoms with Crippen LogP contribution in [0.1, 0.15) is 41.7 Å². The van der Waals surface area contributed by atoms with Crippen molar-refractivity contribution in [2.45, 2.75) is 43.9 Å². The Kier molecular flexibility index (Phi) is 6.63. The van der Waals surface area contributed by atoms with Crippen LogP contribution >= 0.6 is 27.5 Å². The molecular formula is C26H23BrClF3N4O. The maximum Gasteiger partial charge on any atom is 0.433 e. The van der Waals surface area contributed by atoms with Crippen LogP contribution in [0.2, 0.25) is 5.02 Å². The van der Waals surface area contributed by atoms with Crippen molar-refractivity contribution in [3.63, 3.8) is 0 Å². The van der Waals surface area contributed by atoms with Gasteiger partial charge in [-0.25, -0.2) is 4.98 Å². The maximum atomic E-state index is 13.5. The molecule has 188 valence electrons. The Balaban J connectivity index is 1.32. The summed E-state index contributed by atoms with van der Waals surface area (Å²) in [4.78, 5) is 21.9. The monoisotopic (exact) mass is 578 g/mol. The van der Waals surface area contributed by atoms with E-state index in [1.165, 1.54) is 6.07 Å². The van der Waals surface area contributed by atoms with Gasteiger partial charge in [-0.1, -0.05) is 27.5 Å². The first-order valence-corrected chi connectivity index (χ1v) is 12.7. The van der Waals surface area contributed by atoms with Crippen LogP contribution in [0.4, 0.5) is 18.9 Å². The number of anilines is 1. The first-order chi connectivity index (χ1) is 17.1. The van der Waals surface area contributed by atoms with Gasteiger partial charge >= 0.3 is 6.18 Å². The number of aromatic amines is 1. The Morgan fingerprint density at radius 1 is 1.14 bits per heavy atom. The van der Waals surface area contributed by atoms with Gasteiger partial charge in [0.25, 0.3) is 5.91 Å². The molecule has 10 heteroatoms. The third-order valence-corrected chi connectivity index (χ3v) is 7.56. The summed E-state index contributed by atoms with van der Waals surface area (Å²) in [6.07, 6.45) is 0.141. The third kappa shape index (κ3) is 4.91. The molecule has 2 aromatic carbocycles. The van der Waals surface area contributed by atoms with E-state index in [9.17, 15) is 18.0 Å². The minimum Gasteiger partial charge on any atom is -0.371 e. The lowest BCUT2D eigenvalue weighted by molar-refractivity contribution is -0.140. The SMILES string of the molecule is CN(c1cc(C(F)(F)F)nc2ccc(Cl)cc12)[C@H]1CC[C@@H](NC(=O)c2cc(Br)cc3cc[nH]c23)CC1. The number of hydrogen-bond acceptors (Lipinski definition) is 3. The van der Waals surface area contributed by atoms with Gasteiger partial charge in [-0.3, -0.25) is 4.79 Å². The van der Waals surface area contributed by atoms with E-state index in [4.69, 9.17) is 11.6 Å². The summed E-state index contributed by atoms with van der Waals surface area (Å²) in [7, 11) is 1.81. The number of nitrogens with zero attached hydrogens (tertiary/aromatic N) is 2. The van der Waals surface area contributed by atoms with Gasteiger partial charge < -0.3 is 15.2 Å². The van der Waals surface area contributed by atoms with E-state index in [2.05, 4.69) is 31.2 Å². The molecule has 0 unspecified atom stereocenters. The molecule has 2 aromatic heterocycles. The quantitative estimate of drug-likeness (QED) is 0.266. The molecular weight excluding hydrogens is 557 g/mol. The molecule has 0 radical (unpaired) electrons. The number of benzene rings is 2. The van der Waals surface area contributed by atoms with E-state index in [1.54, 1.807) is 24.4 Å². The van der Waals surface area contributed by atoms with Crippen molar-refractivity contribution in [1.29, 1.82) is 0 Å². The maximum absolute atomic E-state index is 13.5. The van der Waals surface area contributed by atoms with Crippen LogP contribution in [0.25, 0.3) is 21.8 Å². The Morgan fingerprint density at radius 2 is 1.89 bits per heavy atom. The summed E-state index contributed by atoms with van der Waals surface area (Å²) in [5, 5.41) is 5.10. The van der Waals surface area contributed by atoms with E-state index in [1.807, 2.05) is 24.1 Å². The van der Waals surface area contributed by atoms with Gasteiger partial charge in [0.1, 0.15) is 5.69 Å². The molecule has 1 saturated carbocycles. The van der Waals surface area contributed by atoms with Gasteiger partial charge in [0.05, 0.1) is 16.6 Å². The summed E-state index contributed by atoms with van der Waals surface area (Å²) in [6.45, 7) is 0. The second-order valence-corrected chi connectivity index (χ2v) is 10.5. The van der Waals surface area contributed by atoms with E-state index in [0.717, 1.165) is 47.1 Å². The highest BCUT2D eigenvalue weighted by Crippen LogP contribution is 2.37. The lowest BCUT2D eigenvalue weighted by Crippen LogP contribution is -2.43. The average Bonchev–Trinajstić information content (AvgIpc) is 3.30. The number of pyridine rings is 1. The average molecular weight is 580 g/mol. The van der Waals surface area contributed by atoms with Crippen LogP contribution in [-0.2, 0) is 6.18 Å². The Morgan fingerprint density at radius 3 is 2.61 bits per heavy atom. The Bertz CT molecular complexity index is 1450. The zero-order valence-corrected chi connectivity index (χ0v) is 21.6. The molecule has 1 aliphatic rings. The third-order valence-electron chi connectivity index (χ3n) is 6.87. The van der Waals surface area contributed by atoms with Crippen molar-refractivity contribution < 1.29 is 18.0 Å². The molecule has 36 heavy (non-hydrogen) atoms. The number of fused-ring (bicyclic) bond motifs is 2. The Labute approximate surface area is 219 Å². The molecule has 1 fully saturated rings. The van der Waals surface area contributed by atoms with E-state index in [-0.39, 0.29) is 23.5 Å². The first kappa shape index (κ1) is 24.9. The second kappa shape index (κ2) is 9.59. The molecule has 0 saturated heterocycles. The van der Waals surface area contributed by atoms with Crippen LogP contribution in [0.5, 0.6) is 0 Å². The van der Waals surface area contributed by atoms with Crippen LogP contribution < -0.4 is 10.2 Å². The number of hydrogen-bond donors (Lipinski definition) is 2. The lowest BCUT2D eigenvalue weighted by Gasteiger charge is -2.37. The normalized spacial score (nSPS) is 18.5. The Hall–Kier alpha value is -2.78. The molecule has 2 heterocycles. The smallest absolute Gasteiger partial charge is 0.371 e. The number of aromatic nitrogens is 2. The van der Waals surface area contributed by atoms with Crippen molar-refractivity contribution in [2.75, 3.05) is 11.9 Å². The van der Waals surface area contributed by atoms with Crippen molar-refractivity contribution in [3.8, 4) is 0 Å². The van der Waals surface area contributed by atoms with Crippen molar-refractivity contribution in [3.05, 3.63) is 69.4 Å². The number of nitrogens with one attached hydrogen (secondary N) is 2. The molecule has 1 amide bonds. The number of carbonyl (C=O) groups excluding carboxylic acids is 1. The highest BCUT2D eigenvalue weighted by molar-refractivity contribution is 9.10. The fourth-order valence-electron chi connectivity index (χ4n) is 5.00. The number of carbonyl (C=O) groups is 1. The summed E-state index contributed by atoms with van der Waals surface area (Å²) >= 11 is 9.62. The highest BCUT2D eigenvalue weighted by Gasteiger charge is 2.35. The molecule has 4 aromatic rings. The summed E-state index contributed by atoms with van der Waals surface area (Å²) in [6, 6.07) is 11.5. The van der Waals surface area contributed by atoms with E-state index in [0.29, 0.717) is 21.7 Å². The van der Waals surface area contributed by atoms with Gasteiger partial charge in [0.2, 0.25) is 0 Å². The fourth-order valence-corrected chi connectivity index (χ4v) is 5.65. The highest BCUT2D eigenvalue weighted by atomic mass is 79.9. The topological polar surface area (TPSA) is 61.0 Å². The minimum absolute atomic E-state index is 0.0134. The van der Waals surface area contributed by atoms with Gasteiger partial charge in [-0.2, -0.15) is 13.2 Å². The lowest BCUT2D eigenvalue weighted by atomic mass is 9.89. The number of amides is 1. The molecule has 5 nitrogen and oxygen atoms in total. The zero-order valence-electron chi connectivity index (χ0n) is 19.3. The van der Waals surface area contributed by atoms with Crippen molar-refractivity contribution in [1.82, 2.24) is 15.3 Å². The number of alkyl halides is 3. The molecule has 0 atom stereocenters. The largest absolute Gasteiger partial charge is 0.433 e. The predicted octanol–water partition coefficient (Wildman–Crippen LogP) is 7.33. The molecule has 0 spiro atoms. The van der Waals surface area contributed by atoms with Crippen LogP contribution in [0.3, 0.4) is 0 Å². The van der Waals surface area contributed by atoms with Crippen LogP contribution in [0.15, 0.2) is 53.1 Å². The number of rotatable bonds is 4. The number of halogens is 5. The standard InChI is InChI=1S/C26H23BrClF3N4O/c1-35(22-13-23(26(29,30)31)34-21-7-2-16(28)12-19(21)22)18-5-3-17(4-6-18)33-25(36)20-11-15(27)10-14-8-9-32-24(14)20/h2,7-13,17-18,32H,3-6H2,1H3,(H,33,36)/t17-,18+. The summed E-state index contributed by atoms with van der Waals surface area (Å²) in [5.41, 5.74) is 1.13. The zero-order chi connectivity index (χ0) is 25.6. The van der Waals surface area contributed by atoms with Crippen molar-refractivity contribution in [2.24, 2.45) is 0 Å². The second-order valence-electron chi connectivity index (χ2n) is 9.17. The first-order valence-electron chi connectivity index (χ1n) is 11.6. The van der Waals surface area contributed by atoms with E-state index >= 15 is 0 Å². The minimum atomic E-state index is -4.55. The number of H-pyrrole nitrogens is 1. The fraction of sp³-hybridized carbons (Fsp3) is 0.308. The van der Waals surface area contributed by atoms with Gasteiger partial charge in [-0.05, 0) is 68.1 Å². The van der Waals surface area contributed by atoms with Crippen molar-refractivity contribution >= 4 is 60.9 Å². The molecule has 0 aliphatic heterocycles. The van der Waals surface area contributed by atoms with E-state index < -0.39 is 11.9 Å². The predicted molar refractivity (Wildman–Crippen MR) is 140 cm³/mol. The van der Waals surface area contributed by atoms with Crippen LogP contribution in [0, 0.1) is 0 Å².